The monoisotopic (exact) mass is 277 g/mol. The van der Waals surface area contributed by atoms with Crippen molar-refractivity contribution < 1.29 is 9.53 Å². The van der Waals surface area contributed by atoms with Gasteiger partial charge < -0.3 is 10.1 Å². The minimum Gasteiger partial charge on any atom is -0.460 e. The summed E-state index contributed by atoms with van der Waals surface area (Å²) in [6.07, 6.45) is 1.50. The van der Waals surface area contributed by atoms with Crippen LogP contribution in [0.25, 0.3) is 0 Å². The smallest absolute Gasteiger partial charge is 0.307 e. The standard InChI is InChI=1S/C17H27NO2/c1-14(15-8-6-5-7-9-15)10-12-18-13-11-16(19)20-17(2,3)4/h5-9,14,18H,10-13H2,1-4H3. The zero-order valence-corrected chi connectivity index (χ0v) is 13.1. The molecule has 0 saturated carbocycles. The van der Waals surface area contributed by atoms with Gasteiger partial charge in [-0.15, -0.1) is 0 Å². The first-order valence-electron chi connectivity index (χ1n) is 7.36. The maximum absolute atomic E-state index is 11.5. The molecule has 0 bridgehead atoms. The lowest BCUT2D eigenvalue weighted by Gasteiger charge is -2.19. The highest BCUT2D eigenvalue weighted by Crippen LogP contribution is 2.17. The lowest BCUT2D eigenvalue weighted by atomic mass is 9.98. The van der Waals surface area contributed by atoms with Gasteiger partial charge >= 0.3 is 5.97 Å². The summed E-state index contributed by atoms with van der Waals surface area (Å²) in [6.45, 7) is 9.49. The average molecular weight is 277 g/mol. The Balaban J connectivity index is 2.12. The Morgan fingerprint density at radius 1 is 1.20 bits per heavy atom. The van der Waals surface area contributed by atoms with E-state index in [4.69, 9.17) is 4.74 Å². The maximum atomic E-state index is 11.5. The van der Waals surface area contributed by atoms with Crippen LogP contribution in [0.4, 0.5) is 0 Å². The van der Waals surface area contributed by atoms with Gasteiger partial charge in [-0.05, 0) is 45.2 Å². The number of rotatable bonds is 7. The van der Waals surface area contributed by atoms with E-state index in [1.54, 1.807) is 0 Å². The lowest BCUT2D eigenvalue weighted by molar-refractivity contribution is -0.154. The highest BCUT2D eigenvalue weighted by Gasteiger charge is 2.15. The van der Waals surface area contributed by atoms with Crippen molar-refractivity contribution in [3.05, 3.63) is 35.9 Å². The molecule has 1 unspecified atom stereocenters. The molecule has 1 aromatic rings. The Kier molecular flexibility index (Phi) is 6.73. The Hall–Kier alpha value is -1.35. The fourth-order valence-corrected chi connectivity index (χ4v) is 1.97. The van der Waals surface area contributed by atoms with E-state index in [0.717, 1.165) is 13.0 Å². The van der Waals surface area contributed by atoms with Gasteiger partial charge in [0.1, 0.15) is 5.60 Å². The van der Waals surface area contributed by atoms with Crippen molar-refractivity contribution in [3.63, 3.8) is 0 Å². The van der Waals surface area contributed by atoms with E-state index in [0.29, 0.717) is 18.9 Å². The van der Waals surface area contributed by atoms with Crippen LogP contribution < -0.4 is 5.32 Å². The van der Waals surface area contributed by atoms with Crippen LogP contribution in [0.3, 0.4) is 0 Å². The van der Waals surface area contributed by atoms with E-state index < -0.39 is 0 Å². The molecule has 1 rings (SSSR count). The fraction of sp³-hybridized carbons (Fsp3) is 0.588. The van der Waals surface area contributed by atoms with Gasteiger partial charge in [-0.2, -0.15) is 0 Å². The molecule has 112 valence electrons. The van der Waals surface area contributed by atoms with Gasteiger partial charge in [0.15, 0.2) is 0 Å². The Morgan fingerprint density at radius 3 is 2.45 bits per heavy atom. The number of nitrogens with one attached hydrogen (secondary N) is 1. The molecule has 3 nitrogen and oxygen atoms in total. The van der Waals surface area contributed by atoms with Crippen molar-refractivity contribution >= 4 is 5.97 Å². The first kappa shape index (κ1) is 16.7. The van der Waals surface area contributed by atoms with Gasteiger partial charge in [-0.3, -0.25) is 4.79 Å². The third kappa shape index (κ3) is 7.29. The van der Waals surface area contributed by atoms with Crippen molar-refractivity contribution in [2.45, 2.75) is 52.1 Å². The molecular weight excluding hydrogens is 250 g/mol. The van der Waals surface area contributed by atoms with E-state index >= 15 is 0 Å². The number of esters is 1. The third-order valence-corrected chi connectivity index (χ3v) is 3.05. The molecule has 1 aromatic carbocycles. The molecule has 0 aliphatic heterocycles. The number of carbonyl (C=O) groups is 1. The van der Waals surface area contributed by atoms with E-state index in [1.165, 1.54) is 5.56 Å². The van der Waals surface area contributed by atoms with Gasteiger partial charge in [0.25, 0.3) is 0 Å². The van der Waals surface area contributed by atoms with Crippen LogP contribution in [-0.4, -0.2) is 24.7 Å². The zero-order valence-electron chi connectivity index (χ0n) is 13.1. The SMILES string of the molecule is CC(CCNCCC(=O)OC(C)(C)C)c1ccccc1. The molecule has 0 aliphatic carbocycles. The second-order valence-corrected chi connectivity index (χ2v) is 6.19. The van der Waals surface area contributed by atoms with E-state index in [-0.39, 0.29) is 11.6 Å². The number of ether oxygens (including phenoxy) is 1. The largest absolute Gasteiger partial charge is 0.460 e. The molecule has 1 N–H and O–H groups in total. The maximum Gasteiger partial charge on any atom is 0.307 e. The Labute approximate surface area is 122 Å². The van der Waals surface area contributed by atoms with E-state index in [2.05, 4.69) is 36.5 Å². The summed E-state index contributed by atoms with van der Waals surface area (Å²) in [7, 11) is 0. The minimum absolute atomic E-state index is 0.138. The van der Waals surface area contributed by atoms with Gasteiger partial charge in [0.05, 0.1) is 6.42 Å². The van der Waals surface area contributed by atoms with Crippen LogP contribution in [0.2, 0.25) is 0 Å². The number of hydrogen-bond donors (Lipinski definition) is 1. The van der Waals surface area contributed by atoms with E-state index in [1.807, 2.05) is 26.8 Å². The van der Waals surface area contributed by atoms with Crippen LogP contribution >= 0.6 is 0 Å². The zero-order chi connectivity index (χ0) is 15.0. The number of hydrogen-bond acceptors (Lipinski definition) is 3. The predicted molar refractivity (Wildman–Crippen MR) is 82.8 cm³/mol. The van der Waals surface area contributed by atoms with Crippen molar-refractivity contribution in [1.29, 1.82) is 0 Å². The summed E-state index contributed by atoms with van der Waals surface area (Å²) in [5.41, 5.74) is 0.972. The second-order valence-electron chi connectivity index (χ2n) is 6.19. The van der Waals surface area contributed by atoms with Gasteiger partial charge in [-0.1, -0.05) is 37.3 Å². The molecule has 0 aliphatic rings. The summed E-state index contributed by atoms with van der Waals surface area (Å²) < 4.78 is 5.26. The molecule has 0 fully saturated rings. The van der Waals surface area contributed by atoms with Crippen molar-refractivity contribution in [2.24, 2.45) is 0 Å². The summed E-state index contributed by atoms with van der Waals surface area (Å²) in [5, 5.41) is 3.30. The quantitative estimate of drug-likeness (QED) is 0.612. The molecule has 0 heterocycles. The fourth-order valence-electron chi connectivity index (χ4n) is 1.97. The molecule has 1 atom stereocenters. The Bertz CT molecular complexity index is 395. The van der Waals surface area contributed by atoms with E-state index in [9.17, 15) is 4.79 Å². The van der Waals surface area contributed by atoms with Crippen LogP contribution in [0.15, 0.2) is 30.3 Å². The summed E-state index contributed by atoms with van der Waals surface area (Å²) in [5.74, 6) is 0.395. The normalized spacial score (nSPS) is 13.0. The van der Waals surface area contributed by atoms with Crippen molar-refractivity contribution in [1.82, 2.24) is 5.32 Å². The molecule has 20 heavy (non-hydrogen) atoms. The van der Waals surface area contributed by atoms with Crippen LogP contribution in [0, 0.1) is 0 Å². The summed E-state index contributed by atoms with van der Waals surface area (Å²) in [6, 6.07) is 10.5. The first-order chi connectivity index (χ1) is 9.38. The third-order valence-electron chi connectivity index (χ3n) is 3.05. The van der Waals surface area contributed by atoms with Gasteiger partial charge in [-0.25, -0.2) is 0 Å². The highest BCUT2D eigenvalue weighted by molar-refractivity contribution is 5.70. The Morgan fingerprint density at radius 2 is 1.85 bits per heavy atom. The highest BCUT2D eigenvalue weighted by atomic mass is 16.6. The lowest BCUT2D eigenvalue weighted by Crippen LogP contribution is -2.27. The molecule has 0 amide bonds. The number of benzene rings is 1. The number of carbonyl (C=O) groups excluding carboxylic acids is 1. The molecule has 0 spiro atoms. The van der Waals surface area contributed by atoms with Gasteiger partial charge in [0, 0.05) is 6.54 Å². The van der Waals surface area contributed by atoms with Crippen LogP contribution in [-0.2, 0) is 9.53 Å². The van der Waals surface area contributed by atoms with Crippen molar-refractivity contribution in [3.8, 4) is 0 Å². The topological polar surface area (TPSA) is 38.3 Å². The van der Waals surface area contributed by atoms with Crippen molar-refractivity contribution in [2.75, 3.05) is 13.1 Å². The average Bonchev–Trinajstić information content (AvgIpc) is 2.37. The molecule has 0 radical (unpaired) electrons. The van der Waals surface area contributed by atoms with Crippen LogP contribution in [0.1, 0.15) is 52.0 Å². The summed E-state index contributed by atoms with van der Waals surface area (Å²) in [4.78, 5) is 11.5. The minimum atomic E-state index is -0.390. The summed E-state index contributed by atoms with van der Waals surface area (Å²) >= 11 is 0. The second kappa shape index (κ2) is 8.05. The first-order valence-corrected chi connectivity index (χ1v) is 7.36. The molecule has 0 saturated heterocycles. The molecule has 0 aromatic heterocycles. The van der Waals surface area contributed by atoms with Crippen LogP contribution in [0.5, 0.6) is 0 Å². The molecule has 3 heteroatoms. The van der Waals surface area contributed by atoms with Gasteiger partial charge in [0.2, 0.25) is 0 Å². The predicted octanol–water partition coefficient (Wildman–Crippen LogP) is 3.50. The molecular formula is C17H27NO2.